The smallest absolute Gasteiger partial charge is 0.149 e. The fraction of sp³-hybridized carbons (Fsp3) is 0.455. The zero-order valence-electron chi connectivity index (χ0n) is 8.11. The molecule has 1 unspecified atom stereocenters. The first kappa shape index (κ1) is 9.59. The molecule has 0 aliphatic carbocycles. The summed E-state index contributed by atoms with van der Waals surface area (Å²) < 4.78 is 27.1. The monoisotopic (exact) mass is 197 g/mol. The highest BCUT2D eigenvalue weighted by atomic mass is 19.1. The van der Waals surface area contributed by atoms with Crippen molar-refractivity contribution >= 4 is 0 Å². The third kappa shape index (κ3) is 1.52. The first-order chi connectivity index (χ1) is 6.62. The van der Waals surface area contributed by atoms with E-state index >= 15 is 0 Å². The van der Waals surface area contributed by atoms with Crippen molar-refractivity contribution < 1.29 is 8.78 Å². The van der Waals surface area contributed by atoms with Crippen LogP contribution in [0.25, 0.3) is 0 Å². The van der Waals surface area contributed by atoms with Crippen molar-refractivity contribution in [3.8, 4) is 0 Å². The fourth-order valence-electron chi connectivity index (χ4n) is 2.02. The van der Waals surface area contributed by atoms with Crippen LogP contribution < -0.4 is 5.32 Å². The van der Waals surface area contributed by atoms with Gasteiger partial charge in [0.15, 0.2) is 0 Å². The van der Waals surface area contributed by atoms with E-state index in [1.165, 1.54) is 12.1 Å². The van der Waals surface area contributed by atoms with E-state index in [0.717, 1.165) is 0 Å². The quantitative estimate of drug-likeness (QED) is 0.728. The molecule has 0 bridgehead atoms. The Balaban J connectivity index is 2.40. The number of benzene rings is 1. The zero-order valence-corrected chi connectivity index (χ0v) is 8.11. The van der Waals surface area contributed by atoms with E-state index in [4.69, 9.17) is 0 Å². The Bertz CT molecular complexity index is 343. The van der Waals surface area contributed by atoms with Crippen LogP contribution in [0.3, 0.4) is 0 Å². The van der Waals surface area contributed by atoms with E-state index < -0.39 is 5.67 Å². The SMILES string of the molecule is Cc1cc(F)ccc1C1(F)CCNC1. The molecule has 0 saturated carbocycles. The topological polar surface area (TPSA) is 12.0 Å². The summed E-state index contributed by atoms with van der Waals surface area (Å²) in [6.45, 7) is 2.77. The van der Waals surface area contributed by atoms with Crippen molar-refractivity contribution in [2.45, 2.75) is 19.0 Å². The standard InChI is InChI=1S/C11H13F2N/c1-8-6-9(12)2-3-10(8)11(13)4-5-14-7-11/h2-3,6,14H,4-5,7H2,1H3. The van der Waals surface area contributed by atoms with Crippen LogP contribution in [0.15, 0.2) is 18.2 Å². The molecule has 0 radical (unpaired) electrons. The van der Waals surface area contributed by atoms with Crippen LogP contribution in [-0.2, 0) is 5.67 Å². The normalized spacial score (nSPS) is 26.8. The largest absolute Gasteiger partial charge is 0.313 e. The van der Waals surface area contributed by atoms with Crippen molar-refractivity contribution in [1.29, 1.82) is 0 Å². The molecule has 14 heavy (non-hydrogen) atoms. The van der Waals surface area contributed by atoms with Gasteiger partial charge < -0.3 is 5.32 Å². The van der Waals surface area contributed by atoms with Gasteiger partial charge in [-0.3, -0.25) is 0 Å². The molecule has 1 aliphatic heterocycles. The van der Waals surface area contributed by atoms with Gasteiger partial charge in [0.2, 0.25) is 0 Å². The summed E-state index contributed by atoms with van der Waals surface area (Å²) in [7, 11) is 0. The number of hydrogen-bond donors (Lipinski definition) is 1. The molecule has 1 aromatic rings. The van der Waals surface area contributed by atoms with Gasteiger partial charge in [0.25, 0.3) is 0 Å². The van der Waals surface area contributed by atoms with Gasteiger partial charge in [-0.2, -0.15) is 0 Å². The molecular formula is C11H13F2N. The van der Waals surface area contributed by atoms with Gasteiger partial charge in [-0.05, 0) is 43.1 Å². The van der Waals surface area contributed by atoms with E-state index in [0.29, 0.717) is 30.6 Å². The first-order valence-electron chi connectivity index (χ1n) is 4.78. The third-order valence-corrected chi connectivity index (χ3v) is 2.77. The van der Waals surface area contributed by atoms with Crippen molar-refractivity contribution in [2.75, 3.05) is 13.1 Å². The van der Waals surface area contributed by atoms with Crippen molar-refractivity contribution in [3.05, 3.63) is 35.1 Å². The minimum Gasteiger partial charge on any atom is -0.313 e. The molecule has 2 rings (SSSR count). The molecule has 1 aromatic carbocycles. The van der Waals surface area contributed by atoms with Crippen LogP contribution in [0.4, 0.5) is 8.78 Å². The van der Waals surface area contributed by atoms with E-state index in [1.54, 1.807) is 13.0 Å². The van der Waals surface area contributed by atoms with Crippen LogP contribution in [0, 0.1) is 12.7 Å². The second-order valence-electron chi connectivity index (χ2n) is 3.85. The Kier molecular flexibility index (Phi) is 2.27. The Morgan fingerprint density at radius 1 is 1.43 bits per heavy atom. The summed E-state index contributed by atoms with van der Waals surface area (Å²) in [5, 5.41) is 2.98. The Hall–Kier alpha value is -0.960. The minimum atomic E-state index is -1.31. The summed E-state index contributed by atoms with van der Waals surface area (Å²) in [5.41, 5.74) is -0.00211. The minimum absolute atomic E-state index is 0.305. The van der Waals surface area contributed by atoms with Crippen LogP contribution in [0.5, 0.6) is 0 Å². The molecule has 1 nitrogen and oxygen atoms in total. The molecule has 0 amide bonds. The van der Waals surface area contributed by atoms with Gasteiger partial charge in [0.05, 0.1) is 0 Å². The Labute approximate surface area is 82.1 Å². The summed E-state index contributed by atoms with van der Waals surface area (Å²) in [5.74, 6) is -0.305. The van der Waals surface area contributed by atoms with Crippen molar-refractivity contribution in [1.82, 2.24) is 5.32 Å². The molecule has 1 aliphatic rings. The van der Waals surface area contributed by atoms with Gasteiger partial charge in [0, 0.05) is 6.54 Å². The lowest BCUT2D eigenvalue weighted by Gasteiger charge is -2.20. The summed E-state index contributed by atoms with van der Waals surface area (Å²) in [6.07, 6.45) is 0.472. The van der Waals surface area contributed by atoms with Gasteiger partial charge in [-0.15, -0.1) is 0 Å². The van der Waals surface area contributed by atoms with Gasteiger partial charge in [0.1, 0.15) is 11.5 Å². The number of nitrogens with one attached hydrogen (secondary N) is 1. The average molecular weight is 197 g/mol. The first-order valence-corrected chi connectivity index (χ1v) is 4.78. The number of aryl methyl sites for hydroxylation is 1. The van der Waals surface area contributed by atoms with Gasteiger partial charge in [-0.25, -0.2) is 8.78 Å². The maximum absolute atomic E-state index is 14.3. The predicted octanol–water partition coefficient (Wildman–Crippen LogP) is 2.29. The lowest BCUT2D eigenvalue weighted by atomic mass is 9.91. The highest BCUT2D eigenvalue weighted by Gasteiger charge is 2.36. The molecule has 0 spiro atoms. The van der Waals surface area contributed by atoms with E-state index in [2.05, 4.69) is 5.32 Å². The number of hydrogen-bond acceptors (Lipinski definition) is 1. The number of rotatable bonds is 1. The lowest BCUT2D eigenvalue weighted by Crippen LogP contribution is -2.24. The fourth-order valence-corrected chi connectivity index (χ4v) is 2.02. The molecular weight excluding hydrogens is 184 g/mol. The lowest BCUT2D eigenvalue weighted by molar-refractivity contribution is 0.192. The third-order valence-electron chi connectivity index (χ3n) is 2.77. The van der Waals surface area contributed by atoms with Crippen LogP contribution in [0.2, 0.25) is 0 Å². The molecule has 76 valence electrons. The summed E-state index contributed by atoms with van der Waals surface area (Å²) in [6, 6.07) is 4.26. The van der Waals surface area contributed by atoms with Crippen LogP contribution in [-0.4, -0.2) is 13.1 Å². The molecule has 0 aromatic heterocycles. The van der Waals surface area contributed by atoms with E-state index in [9.17, 15) is 8.78 Å². The second-order valence-corrected chi connectivity index (χ2v) is 3.85. The van der Waals surface area contributed by atoms with E-state index in [-0.39, 0.29) is 5.82 Å². The predicted molar refractivity (Wildman–Crippen MR) is 51.4 cm³/mol. The number of alkyl halides is 1. The van der Waals surface area contributed by atoms with Crippen molar-refractivity contribution in [2.24, 2.45) is 0 Å². The molecule has 1 heterocycles. The van der Waals surface area contributed by atoms with Crippen LogP contribution in [0.1, 0.15) is 17.5 Å². The maximum atomic E-state index is 14.3. The summed E-state index contributed by atoms with van der Waals surface area (Å²) >= 11 is 0. The zero-order chi connectivity index (χ0) is 10.2. The Morgan fingerprint density at radius 3 is 2.79 bits per heavy atom. The van der Waals surface area contributed by atoms with Crippen molar-refractivity contribution in [3.63, 3.8) is 0 Å². The molecule has 1 saturated heterocycles. The average Bonchev–Trinajstić information content (AvgIpc) is 2.52. The number of halogens is 2. The van der Waals surface area contributed by atoms with Gasteiger partial charge in [-0.1, -0.05) is 6.07 Å². The highest BCUT2D eigenvalue weighted by Crippen LogP contribution is 2.34. The maximum Gasteiger partial charge on any atom is 0.149 e. The second kappa shape index (κ2) is 3.31. The van der Waals surface area contributed by atoms with E-state index in [1.807, 2.05) is 0 Å². The highest BCUT2D eigenvalue weighted by molar-refractivity contribution is 5.33. The molecule has 1 N–H and O–H groups in total. The molecule has 1 fully saturated rings. The molecule has 1 atom stereocenters. The summed E-state index contributed by atoms with van der Waals surface area (Å²) in [4.78, 5) is 0. The van der Waals surface area contributed by atoms with Crippen LogP contribution >= 0.6 is 0 Å². The van der Waals surface area contributed by atoms with Gasteiger partial charge >= 0.3 is 0 Å². The Morgan fingerprint density at radius 2 is 2.21 bits per heavy atom. The molecule has 3 heteroatoms.